The van der Waals surface area contributed by atoms with Gasteiger partial charge in [-0.25, -0.2) is 0 Å². The number of aliphatic hydroxyl groups excluding tert-OH is 2. The van der Waals surface area contributed by atoms with E-state index in [0.29, 0.717) is 37.4 Å². The lowest BCUT2D eigenvalue weighted by molar-refractivity contribution is -0.198. The summed E-state index contributed by atoms with van der Waals surface area (Å²) in [5.74, 6) is 0.800. The first-order chi connectivity index (χ1) is 12.2. The Bertz CT molecular complexity index is 632. The van der Waals surface area contributed by atoms with Crippen molar-refractivity contribution in [1.82, 2.24) is 0 Å². The third-order valence-corrected chi connectivity index (χ3v) is 9.17. The largest absolute Gasteiger partial charge is 0.393 e. The zero-order valence-corrected chi connectivity index (χ0v) is 15.9. The number of hydrogen-bond donors (Lipinski definition) is 3. The van der Waals surface area contributed by atoms with Crippen molar-refractivity contribution in [2.75, 3.05) is 6.61 Å². The minimum atomic E-state index is -1.53. The molecule has 8 atom stereocenters. The molecule has 0 spiro atoms. The second-order valence-electron chi connectivity index (χ2n) is 9.99. The van der Waals surface area contributed by atoms with Gasteiger partial charge in [0.15, 0.2) is 5.78 Å². The predicted octanol–water partition coefficient (Wildman–Crippen LogP) is 1.86. The van der Waals surface area contributed by atoms with Crippen molar-refractivity contribution < 1.29 is 24.9 Å². The summed E-state index contributed by atoms with van der Waals surface area (Å²) in [4.78, 5) is 24.3. The maximum absolute atomic E-state index is 12.4. The van der Waals surface area contributed by atoms with Crippen LogP contribution < -0.4 is 0 Å². The van der Waals surface area contributed by atoms with Crippen molar-refractivity contribution in [3.8, 4) is 0 Å². The lowest BCUT2D eigenvalue weighted by Crippen LogP contribution is -2.63. The van der Waals surface area contributed by atoms with Gasteiger partial charge in [0.1, 0.15) is 18.0 Å². The lowest BCUT2D eigenvalue weighted by atomic mass is 9.43. The van der Waals surface area contributed by atoms with Crippen LogP contribution in [-0.4, -0.2) is 45.2 Å². The Kier molecular flexibility index (Phi) is 4.18. The molecule has 4 saturated carbocycles. The fourth-order valence-corrected chi connectivity index (χ4v) is 7.76. The molecule has 26 heavy (non-hydrogen) atoms. The van der Waals surface area contributed by atoms with E-state index in [1.807, 2.05) is 6.92 Å². The van der Waals surface area contributed by atoms with Crippen molar-refractivity contribution in [3.05, 3.63) is 0 Å². The summed E-state index contributed by atoms with van der Waals surface area (Å²) in [7, 11) is 0. The van der Waals surface area contributed by atoms with Gasteiger partial charge in [-0.2, -0.15) is 0 Å². The summed E-state index contributed by atoms with van der Waals surface area (Å²) in [6.07, 6.45) is 5.02. The van der Waals surface area contributed by atoms with Crippen LogP contribution in [0.1, 0.15) is 65.2 Å². The Morgan fingerprint density at radius 2 is 1.92 bits per heavy atom. The fourth-order valence-electron chi connectivity index (χ4n) is 7.76. The van der Waals surface area contributed by atoms with Crippen LogP contribution in [0.5, 0.6) is 0 Å². The smallest absolute Gasteiger partial charge is 0.190 e. The van der Waals surface area contributed by atoms with Crippen molar-refractivity contribution in [2.24, 2.45) is 34.5 Å². The topological polar surface area (TPSA) is 94.8 Å². The summed E-state index contributed by atoms with van der Waals surface area (Å²) in [6.45, 7) is 3.55. The molecule has 0 aliphatic heterocycles. The van der Waals surface area contributed by atoms with Crippen LogP contribution >= 0.6 is 0 Å². The van der Waals surface area contributed by atoms with Crippen molar-refractivity contribution in [3.63, 3.8) is 0 Å². The first kappa shape index (κ1) is 18.6. The number of rotatable bonds is 2. The molecule has 0 amide bonds. The van der Waals surface area contributed by atoms with E-state index in [-0.39, 0.29) is 23.2 Å². The molecular weight excluding hydrogens is 332 g/mol. The van der Waals surface area contributed by atoms with E-state index >= 15 is 0 Å². The van der Waals surface area contributed by atoms with Gasteiger partial charge in [-0.05, 0) is 67.6 Å². The standard InChI is InChI=1S/C21H32O5/c1-19-7-5-13(23)9-12(19)3-4-14-15-6-8-21(26,17(25)11-22)20(15,2)10-16(24)18(14)19/h12,14-16,18,22,24,26H,3-11H2,1-2H3/t12-,14+,15+,16+,18-,19+,20+,21+/m1/s1. The van der Waals surface area contributed by atoms with Crippen molar-refractivity contribution in [1.29, 1.82) is 0 Å². The van der Waals surface area contributed by atoms with Gasteiger partial charge in [0.05, 0.1) is 6.10 Å². The first-order valence-electron chi connectivity index (χ1n) is 10.2. The molecule has 146 valence electrons. The van der Waals surface area contributed by atoms with E-state index in [9.17, 15) is 24.9 Å². The molecule has 4 aliphatic carbocycles. The highest BCUT2D eigenvalue weighted by Crippen LogP contribution is 2.68. The van der Waals surface area contributed by atoms with Crippen LogP contribution in [0.3, 0.4) is 0 Å². The molecule has 4 rings (SSSR count). The molecular formula is C21H32O5. The monoisotopic (exact) mass is 364 g/mol. The van der Waals surface area contributed by atoms with E-state index in [4.69, 9.17) is 0 Å². The number of carbonyl (C=O) groups is 2. The van der Waals surface area contributed by atoms with Gasteiger partial charge < -0.3 is 15.3 Å². The minimum Gasteiger partial charge on any atom is -0.393 e. The molecule has 0 heterocycles. The molecule has 0 aromatic carbocycles. The van der Waals surface area contributed by atoms with Crippen molar-refractivity contribution >= 4 is 11.6 Å². The number of hydrogen-bond acceptors (Lipinski definition) is 5. The molecule has 0 aromatic heterocycles. The van der Waals surface area contributed by atoms with Gasteiger partial charge in [0.2, 0.25) is 0 Å². The molecule has 0 radical (unpaired) electrons. The van der Waals surface area contributed by atoms with Crippen LogP contribution in [0, 0.1) is 34.5 Å². The Balaban J connectivity index is 1.70. The van der Waals surface area contributed by atoms with E-state index in [1.165, 1.54) is 0 Å². The lowest BCUT2D eigenvalue weighted by Gasteiger charge is -2.62. The van der Waals surface area contributed by atoms with Crippen LogP contribution in [0.2, 0.25) is 0 Å². The number of aliphatic hydroxyl groups is 3. The van der Waals surface area contributed by atoms with Crippen LogP contribution in [0.15, 0.2) is 0 Å². The van der Waals surface area contributed by atoms with E-state index in [2.05, 4.69) is 6.92 Å². The number of ketones is 2. The zero-order chi connectivity index (χ0) is 18.9. The Hall–Kier alpha value is -0.780. The quantitative estimate of drug-likeness (QED) is 0.695. The summed E-state index contributed by atoms with van der Waals surface area (Å²) in [5.41, 5.74) is -2.24. The van der Waals surface area contributed by atoms with Gasteiger partial charge in [0.25, 0.3) is 0 Å². The number of carbonyl (C=O) groups excluding carboxylic acids is 2. The van der Waals surface area contributed by atoms with Crippen LogP contribution in [0.25, 0.3) is 0 Å². The zero-order valence-electron chi connectivity index (χ0n) is 15.9. The van der Waals surface area contributed by atoms with Gasteiger partial charge >= 0.3 is 0 Å². The maximum atomic E-state index is 12.4. The van der Waals surface area contributed by atoms with Gasteiger partial charge in [-0.1, -0.05) is 13.8 Å². The van der Waals surface area contributed by atoms with E-state index in [0.717, 1.165) is 25.7 Å². The molecule has 0 unspecified atom stereocenters. The average molecular weight is 364 g/mol. The Morgan fingerprint density at radius 3 is 2.62 bits per heavy atom. The predicted molar refractivity (Wildman–Crippen MR) is 95.2 cm³/mol. The van der Waals surface area contributed by atoms with Gasteiger partial charge in [-0.15, -0.1) is 0 Å². The second-order valence-corrected chi connectivity index (χ2v) is 9.99. The third-order valence-electron chi connectivity index (χ3n) is 9.17. The Labute approximate surface area is 155 Å². The number of fused-ring (bicyclic) bond motifs is 5. The normalized spacial score (nSPS) is 53.6. The highest BCUT2D eigenvalue weighted by molar-refractivity contribution is 5.89. The molecule has 5 heteroatoms. The molecule has 3 N–H and O–H groups in total. The van der Waals surface area contributed by atoms with Gasteiger partial charge in [0, 0.05) is 18.3 Å². The third kappa shape index (κ3) is 2.20. The molecule has 0 aromatic rings. The SMILES string of the molecule is C[C@]12CCC(=O)C[C@H]1CC[C@@H]1[C@@H]2[C@@H](O)C[C@@]2(C)[C@H]1CC[C@]2(O)C(=O)CO. The summed E-state index contributed by atoms with van der Waals surface area (Å²) in [5, 5.41) is 31.8. The van der Waals surface area contributed by atoms with Crippen molar-refractivity contribution in [2.45, 2.75) is 76.9 Å². The number of Topliss-reactive ketones (excluding diaryl/α,β-unsaturated/α-hetero) is 2. The van der Waals surface area contributed by atoms with Crippen LogP contribution in [-0.2, 0) is 9.59 Å². The van der Waals surface area contributed by atoms with Gasteiger partial charge in [-0.3, -0.25) is 9.59 Å². The first-order valence-corrected chi connectivity index (χ1v) is 10.2. The molecule has 0 bridgehead atoms. The molecule has 4 aliphatic rings. The molecule has 0 saturated heterocycles. The minimum absolute atomic E-state index is 0.0285. The maximum Gasteiger partial charge on any atom is 0.190 e. The van der Waals surface area contributed by atoms with E-state index < -0.39 is 29.5 Å². The summed E-state index contributed by atoms with van der Waals surface area (Å²) >= 11 is 0. The summed E-state index contributed by atoms with van der Waals surface area (Å²) in [6, 6.07) is 0. The second kappa shape index (κ2) is 5.86. The highest BCUT2D eigenvalue weighted by Gasteiger charge is 2.68. The Morgan fingerprint density at radius 1 is 1.19 bits per heavy atom. The van der Waals surface area contributed by atoms with Crippen LogP contribution in [0.4, 0.5) is 0 Å². The summed E-state index contributed by atoms with van der Waals surface area (Å²) < 4.78 is 0. The van der Waals surface area contributed by atoms with E-state index in [1.54, 1.807) is 0 Å². The average Bonchev–Trinajstić information content (AvgIpc) is 2.86. The molecule has 4 fully saturated rings. The molecule has 5 nitrogen and oxygen atoms in total. The fraction of sp³-hybridized carbons (Fsp3) is 0.905. The highest BCUT2D eigenvalue weighted by atomic mass is 16.3.